The molecule has 0 N–H and O–H groups in total. The van der Waals surface area contributed by atoms with Crippen LogP contribution in [0.15, 0.2) is 54.9 Å². The third-order valence-corrected chi connectivity index (χ3v) is 7.74. The van der Waals surface area contributed by atoms with Crippen molar-refractivity contribution in [2.75, 3.05) is 19.6 Å². The molecule has 2 saturated heterocycles. The van der Waals surface area contributed by atoms with Gasteiger partial charge in [-0.3, -0.25) is 14.7 Å². The van der Waals surface area contributed by atoms with Crippen LogP contribution in [0.3, 0.4) is 0 Å². The van der Waals surface area contributed by atoms with Crippen LogP contribution in [0.2, 0.25) is 0 Å². The number of likely N-dealkylation sites (tertiary alicyclic amines) is 2. The van der Waals surface area contributed by atoms with Crippen LogP contribution in [0.1, 0.15) is 62.1 Å². The van der Waals surface area contributed by atoms with Crippen molar-refractivity contribution in [1.82, 2.24) is 14.8 Å². The molecule has 2 aliphatic heterocycles. The third kappa shape index (κ3) is 3.78. The molecule has 1 aromatic heterocycles. The highest BCUT2D eigenvalue weighted by atomic mass is 16.2. The molecule has 3 heterocycles. The third-order valence-electron chi connectivity index (χ3n) is 7.74. The Bertz CT molecular complexity index is 839. The monoisotopic (exact) mass is 403 g/mol. The van der Waals surface area contributed by atoms with Crippen molar-refractivity contribution in [2.24, 2.45) is 5.41 Å². The fourth-order valence-electron chi connectivity index (χ4n) is 6.22. The highest BCUT2D eigenvalue weighted by Gasteiger charge is 2.54. The number of benzene rings is 1. The minimum atomic E-state index is 0.244. The Morgan fingerprint density at radius 2 is 1.77 bits per heavy atom. The van der Waals surface area contributed by atoms with Crippen LogP contribution >= 0.6 is 0 Å². The quantitative estimate of drug-likeness (QED) is 0.747. The van der Waals surface area contributed by atoms with Crippen LogP contribution in [0.5, 0.6) is 0 Å². The first-order valence-corrected chi connectivity index (χ1v) is 11.7. The van der Waals surface area contributed by atoms with E-state index >= 15 is 0 Å². The molecule has 5 rings (SSSR count). The van der Waals surface area contributed by atoms with Crippen LogP contribution in [-0.2, 0) is 11.2 Å². The van der Waals surface area contributed by atoms with E-state index < -0.39 is 0 Å². The molecule has 2 aromatic rings. The normalized spacial score (nSPS) is 24.5. The van der Waals surface area contributed by atoms with E-state index in [9.17, 15) is 4.79 Å². The predicted molar refractivity (Wildman–Crippen MR) is 119 cm³/mol. The lowest BCUT2D eigenvalue weighted by molar-refractivity contribution is -0.143. The molecule has 4 nitrogen and oxygen atoms in total. The predicted octanol–water partition coefficient (Wildman–Crippen LogP) is 4.62. The highest BCUT2D eigenvalue weighted by Crippen LogP contribution is 2.58. The van der Waals surface area contributed by atoms with Crippen molar-refractivity contribution in [2.45, 2.75) is 63.5 Å². The first kappa shape index (κ1) is 19.7. The molecule has 3 aliphatic rings. The summed E-state index contributed by atoms with van der Waals surface area (Å²) in [7, 11) is 0. The molecule has 1 saturated carbocycles. The maximum Gasteiger partial charge on any atom is 0.227 e. The van der Waals surface area contributed by atoms with E-state index in [4.69, 9.17) is 0 Å². The van der Waals surface area contributed by atoms with Gasteiger partial charge in [-0.05, 0) is 42.9 Å². The fraction of sp³-hybridized carbons (Fsp3) is 0.538. The lowest BCUT2D eigenvalue weighted by Gasteiger charge is -2.63. The zero-order valence-electron chi connectivity index (χ0n) is 17.9. The average Bonchev–Trinajstić information content (AvgIpc) is 2.80. The number of rotatable bonds is 4. The molecular weight excluding hydrogens is 370 g/mol. The molecule has 1 amide bonds. The van der Waals surface area contributed by atoms with Crippen LogP contribution < -0.4 is 0 Å². The molecule has 158 valence electrons. The van der Waals surface area contributed by atoms with E-state index in [1.165, 1.54) is 44.2 Å². The summed E-state index contributed by atoms with van der Waals surface area (Å²) in [5.41, 5.74) is 3.00. The van der Waals surface area contributed by atoms with Gasteiger partial charge in [0.05, 0.1) is 6.42 Å². The molecule has 1 spiro atoms. The average molecular weight is 404 g/mol. The second-order valence-corrected chi connectivity index (χ2v) is 9.56. The van der Waals surface area contributed by atoms with Gasteiger partial charge in [-0.1, -0.05) is 55.7 Å². The Morgan fingerprint density at radius 1 is 1.00 bits per heavy atom. The van der Waals surface area contributed by atoms with Crippen molar-refractivity contribution in [1.29, 1.82) is 0 Å². The van der Waals surface area contributed by atoms with Gasteiger partial charge in [-0.25, -0.2) is 0 Å². The van der Waals surface area contributed by atoms with E-state index in [-0.39, 0.29) is 5.91 Å². The number of piperidine rings is 1. The van der Waals surface area contributed by atoms with E-state index in [2.05, 4.69) is 45.1 Å². The Morgan fingerprint density at radius 3 is 2.47 bits per heavy atom. The van der Waals surface area contributed by atoms with E-state index in [0.717, 1.165) is 31.5 Å². The van der Waals surface area contributed by atoms with Crippen molar-refractivity contribution >= 4 is 5.91 Å². The van der Waals surface area contributed by atoms with Crippen molar-refractivity contribution in [3.8, 4) is 0 Å². The molecule has 1 atom stereocenters. The smallest absolute Gasteiger partial charge is 0.227 e. The zero-order chi connectivity index (χ0) is 20.4. The summed E-state index contributed by atoms with van der Waals surface area (Å²) in [6.45, 7) is 3.02. The molecule has 1 aliphatic carbocycles. The number of amides is 1. The molecule has 3 fully saturated rings. The van der Waals surface area contributed by atoms with Crippen molar-refractivity contribution in [3.63, 3.8) is 0 Å². The Kier molecular flexibility index (Phi) is 5.60. The molecule has 0 radical (unpaired) electrons. The number of nitrogens with zero attached hydrogens (tertiary/aromatic N) is 3. The van der Waals surface area contributed by atoms with Gasteiger partial charge >= 0.3 is 0 Å². The van der Waals surface area contributed by atoms with Gasteiger partial charge in [0.15, 0.2) is 0 Å². The van der Waals surface area contributed by atoms with E-state index in [1.54, 1.807) is 12.4 Å². The summed E-state index contributed by atoms with van der Waals surface area (Å²) in [6.07, 6.45) is 13.2. The minimum absolute atomic E-state index is 0.244. The Labute approximate surface area is 180 Å². The Balaban J connectivity index is 1.24. The first-order chi connectivity index (χ1) is 14.8. The maximum atomic E-state index is 12.7. The first-order valence-electron chi connectivity index (χ1n) is 11.7. The largest absolute Gasteiger partial charge is 0.342 e. The van der Waals surface area contributed by atoms with Gasteiger partial charge < -0.3 is 4.90 Å². The molecule has 0 bridgehead atoms. The van der Waals surface area contributed by atoms with Crippen LogP contribution in [0.4, 0.5) is 0 Å². The summed E-state index contributed by atoms with van der Waals surface area (Å²) in [5.74, 6) is 0.244. The number of pyridine rings is 1. The van der Waals surface area contributed by atoms with Gasteiger partial charge in [0.2, 0.25) is 5.91 Å². The summed E-state index contributed by atoms with van der Waals surface area (Å²) in [4.78, 5) is 21.7. The van der Waals surface area contributed by atoms with Crippen molar-refractivity contribution in [3.05, 3.63) is 66.0 Å². The molecule has 30 heavy (non-hydrogen) atoms. The lowest BCUT2D eigenvalue weighted by atomic mass is 9.60. The number of hydrogen-bond acceptors (Lipinski definition) is 3. The van der Waals surface area contributed by atoms with Gasteiger partial charge in [0, 0.05) is 49.5 Å². The van der Waals surface area contributed by atoms with Gasteiger partial charge in [-0.15, -0.1) is 0 Å². The molecule has 4 heteroatoms. The topological polar surface area (TPSA) is 36.4 Å². The summed E-state index contributed by atoms with van der Waals surface area (Å²) < 4.78 is 0. The number of aromatic nitrogens is 1. The molecular formula is C26H33N3O. The molecule has 1 aromatic carbocycles. The lowest BCUT2D eigenvalue weighted by Crippen LogP contribution is -2.63. The van der Waals surface area contributed by atoms with Gasteiger partial charge in [0.1, 0.15) is 0 Å². The maximum absolute atomic E-state index is 12.7. The van der Waals surface area contributed by atoms with Gasteiger partial charge in [0.25, 0.3) is 0 Å². The standard InChI is InChI=1S/C26H33N3O/c30-24(18-21-8-7-15-27-19-21)28-16-11-23(12-17-28)29-20-26(13-5-2-6-14-26)25(29)22-9-3-1-4-10-22/h1,3-4,7-10,15,19,23,25H,2,5-6,11-14,16-18,20H2. The van der Waals surface area contributed by atoms with E-state index in [0.29, 0.717) is 23.9 Å². The van der Waals surface area contributed by atoms with Crippen molar-refractivity contribution < 1.29 is 4.79 Å². The fourth-order valence-corrected chi connectivity index (χ4v) is 6.22. The second-order valence-electron chi connectivity index (χ2n) is 9.56. The zero-order valence-corrected chi connectivity index (χ0v) is 17.9. The van der Waals surface area contributed by atoms with Gasteiger partial charge in [-0.2, -0.15) is 0 Å². The SMILES string of the molecule is O=C(Cc1cccnc1)N1CCC(N2CC3(CCCCC3)C2c2ccccc2)CC1. The van der Waals surface area contributed by atoms with E-state index in [1.807, 2.05) is 12.1 Å². The highest BCUT2D eigenvalue weighted by molar-refractivity contribution is 5.78. The minimum Gasteiger partial charge on any atom is -0.342 e. The van der Waals surface area contributed by atoms with Crippen LogP contribution in [-0.4, -0.2) is 46.4 Å². The second kappa shape index (κ2) is 8.50. The number of hydrogen-bond donors (Lipinski definition) is 0. The Hall–Kier alpha value is -2.20. The summed E-state index contributed by atoms with van der Waals surface area (Å²) >= 11 is 0. The number of carbonyl (C=O) groups is 1. The number of carbonyl (C=O) groups excluding carboxylic acids is 1. The summed E-state index contributed by atoms with van der Waals surface area (Å²) in [6, 6.07) is 16.3. The molecule has 1 unspecified atom stereocenters. The van der Waals surface area contributed by atoms with Crippen LogP contribution in [0, 0.1) is 5.41 Å². The van der Waals surface area contributed by atoms with Crippen LogP contribution in [0.25, 0.3) is 0 Å². The summed E-state index contributed by atoms with van der Waals surface area (Å²) in [5, 5.41) is 0.